The highest BCUT2D eigenvalue weighted by Gasteiger charge is 2.10. The van der Waals surface area contributed by atoms with E-state index in [0.717, 1.165) is 13.1 Å². The van der Waals surface area contributed by atoms with Crippen molar-refractivity contribution in [2.24, 2.45) is 5.92 Å². The molecule has 13 heavy (non-hydrogen) atoms. The van der Waals surface area contributed by atoms with E-state index in [9.17, 15) is 0 Å². The van der Waals surface area contributed by atoms with E-state index in [1.54, 1.807) is 0 Å². The molecule has 2 rings (SSSR count). The van der Waals surface area contributed by atoms with Gasteiger partial charge in [0.2, 0.25) is 0 Å². The molecular formula is C12H15N. The fourth-order valence-corrected chi connectivity index (χ4v) is 1.70. The third kappa shape index (κ3) is 2.11. The second-order valence-corrected chi connectivity index (χ2v) is 3.73. The third-order valence-electron chi connectivity index (χ3n) is 2.38. The molecule has 1 atom stereocenters. The van der Waals surface area contributed by atoms with Crippen molar-refractivity contribution in [3.63, 3.8) is 0 Å². The molecule has 0 amide bonds. The lowest BCUT2D eigenvalue weighted by molar-refractivity contribution is 0.370. The van der Waals surface area contributed by atoms with Crippen LogP contribution in [0, 0.1) is 5.92 Å². The maximum atomic E-state index is 2.36. The van der Waals surface area contributed by atoms with Crippen molar-refractivity contribution in [3.8, 4) is 0 Å². The molecule has 0 radical (unpaired) electrons. The fourth-order valence-electron chi connectivity index (χ4n) is 1.70. The zero-order valence-corrected chi connectivity index (χ0v) is 7.98. The van der Waals surface area contributed by atoms with Gasteiger partial charge in [-0.2, -0.15) is 0 Å². The zero-order valence-electron chi connectivity index (χ0n) is 7.98. The summed E-state index contributed by atoms with van der Waals surface area (Å²) in [7, 11) is 0. The maximum Gasteiger partial charge on any atom is 0.0424 e. The molecule has 1 heteroatoms. The third-order valence-corrected chi connectivity index (χ3v) is 2.38. The van der Waals surface area contributed by atoms with Crippen molar-refractivity contribution in [3.05, 3.63) is 48.2 Å². The summed E-state index contributed by atoms with van der Waals surface area (Å²) in [5, 5.41) is 0. The van der Waals surface area contributed by atoms with Gasteiger partial charge >= 0.3 is 0 Å². The lowest BCUT2D eigenvalue weighted by atomic mass is 10.2. The lowest BCUT2D eigenvalue weighted by Gasteiger charge is -2.16. The van der Waals surface area contributed by atoms with E-state index in [-0.39, 0.29) is 0 Å². The van der Waals surface area contributed by atoms with Crippen LogP contribution in [-0.4, -0.2) is 11.4 Å². The molecule has 0 spiro atoms. The first-order chi connectivity index (χ1) is 6.34. The minimum Gasteiger partial charge on any atom is -0.373 e. The summed E-state index contributed by atoms with van der Waals surface area (Å²) in [5.74, 6) is 0.712. The second kappa shape index (κ2) is 3.65. The van der Waals surface area contributed by atoms with Crippen molar-refractivity contribution in [2.45, 2.75) is 13.5 Å². The first-order valence-electron chi connectivity index (χ1n) is 4.81. The van der Waals surface area contributed by atoms with E-state index in [1.165, 1.54) is 5.56 Å². The molecule has 1 heterocycles. The number of hydrogen-bond donors (Lipinski definition) is 0. The maximum absolute atomic E-state index is 2.36. The van der Waals surface area contributed by atoms with Crippen molar-refractivity contribution in [1.82, 2.24) is 4.90 Å². The van der Waals surface area contributed by atoms with E-state index >= 15 is 0 Å². The van der Waals surface area contributed by atoms with Gasteiger partial charge in [-0.15, -0.1) is 0 Å². The summed E-state index contributed by atoms with van der Waals surface area (Å²) in [6.45, 7) is 4.46. The van der Waals surface area contributed by atoms with Crippen LogP contribution in [0.4, 0.5) is 0 Å². The molecule has 1 nitrogen and oxygen atoms in total. The molecule has 0 bridgehead atoms. The fraction of sp³-hybridized carbons (Fsp3) is 0.333. The van der Waals surface area contributed by atoms with Crippen molar-refractivity contribution in [2.75, 3.05) is 6.54 Å². The highest BCUT2D eigenvalue weighted by atomic mass is 15.1. The summed E-state index contributed by atoms with van der Waals surface area (Å²) < 4.78 is 0. The first kappa shape index (κ1) is 8.36. The molecule has 1 aromatic rings. The standard InChI is InChI=1S/C12H15N/c1-11-7-8-13(9-11)10-12-5-3-2-4-6-12/h2-8,11H,9-10H2,1H3. The Morgan fingerprint density at radius 3 is 2.69 bits per heavy atom. The number of rotatable bonds is 2. The minimum absolute atomic E-state index is 0.712. The van der Waals surface area contributed by atoms with Gasteiger partial charge in [0.05, 0.1) is 0 Å². The molecule has 0 aromatic heterocycles. The summed E-state index contributed by atoms with van der Waals surface area (Å²) in [5.41, 5.74) is 1.39. The average Bonchev–Trinajstić information content (AvgIpc) is 2.53. The van der Waals surface area contributed by atoms with Gasteiger partial charge in [-0.25, -0.2) is 0 Å². The Bertz CT molecular complexity index is 289. The van der Waals surface area contributed by atoms with Gasteiger partial charge < -0.3 is 4.90 Å². The van der Waals surface area contributed by atoms with Crippen LogP contribution in [0.5, 0.6) is 0 Å². The van der Waals surface area contributed by atoms with Crippen LogP contribution in [0.25, 0.3) is 0 Å². The predicted octanol–water partition coefficient (Wildman–Crippen LogP) is 2.65. The molecule has 0 saturated heterocycles. The molecule has 0 aliphatic carbocycles. The molecule has 1 aliphatic rings. The highest BCUT2D eigenvalue weighted by molar-refractivity contribution is 5.15. The van der Waals surface area contributed by atoms with E-state index in [0.29, 0.717) is 5.92 Å². The number of nitrogens with zero attached hydrogens (tertiary/aromatic N) is 1. The topological polar surface area (TPSA) is 3.24 Å². The monoisotopic (exact) mass is 173 g/mol. The van der Waals surface area contributed by atoms with Gasteiger partial charge in [0.15, 0.2) is 0 Å². The summed E-state index contributed by atoms with van der Waals surface area (Å²) in [6, 6.07) is 10.6. The average molecular weight is 173 g/mol. The van der Waals surface area contributed by atoms with Crippen LogP contribution in [0.3, 0.4) is 0 Å². The van der Waals surface area contributed by atoms with Crippen LogP contribution >= 0.6 is 0 Å². The van der Waals surface area contributed by atoms with Crippen LogP contribution in [0.1, 0.15) is 12.5 Å². The van der Waals surface area contributed by atoms with Gasteiger partial charge in [0.1, 0.15) is 0 Å². The SMILES string of the molecule is CC1C=CN(Cc2ccccc2)C1. The van der Waals surface area contributed by atoms with Crippen molar-refractivity contribution in [1.29, 1.82) is 0 Å². The zero-order chi connectivity index (χ0) is 9.10. The van der Waals surface area contributed by atoms with Crippen LogP contribution in [0.15, 0.2) is 42.6 Å². The molecule has 68 valence electrons. The number of hydrogen-bond acceptors (Lipinski definition) is 1. The normalized spacial score (nSPS) is 21.0. The van der Waals surface area contributed by atoms with E-state index in [4.69, 9.17) is 0 Å². The molecule has 0 saturated carbocycles. The largest absolute Gasteiger partial charge is 0.373 e. The quantitative estimate of drug-likeness (QED) is 0.664. The van der Waals surface area contributed by atoms with Crippen LogP contribution in [0.2, 0.25) is 0 Å². The Hall–Kier alpha value is -1.24. The molecule has 0 N–H and O–H groups in total. The Labute approximate surface area is 79.7 Å². The molecule has 0 fully saturated rings. The summed E-state index contributed by atoms with van der Waals surface area (Å²) in [6.07, 6.45) is 4.47. The van der Waals surface area contributed by atoms with E-state index in [1.807, 2.05) is 0 Å². The molecule has 1 aliphatic heterocycles. The Morgan fingerprint density at radius 2 is 2.08 bits per heavy atom. The molecular weight excluding hydrogens is 158 g/mol. The van der Waals surface area contributed by atoms with Gasteiger partial charge in [0.25, 0.3) is 0 Å². The van der Waals surface area contributed by atoms with Crippen molar-refractivity contribution < 1.29 is 0 Å². The Morgan fingerprint density at radius 1 is 1.31 bits per heavy atom. The Balaban J connectivity index is 1.96. The Kier molecular flexibility index (Phi) is 2.35. The first-order valence-corrected chi connectivity index (χ1v) is 4.81. The van der Waals surface area contributed by atoms with Crippen LogP contribution in [-0.2, 0) is 6.54 Å². The highest BCUT2D eigenvalue weighted by Crippen LogP contribution is 2.14. The number of benzene rings is 1. The van der Waals surface area contributed by atoms with E-state index in [2.05, 4.69) is 54.4 Å². The smallest absolute Gasteiger partial charge is 0.0424 e. The summed E-state index contributed by atoms with van der Waals surface area (Å²) in [4.78, 5) is 2.36. The summed E-state index contributed by atoms with van der Waals surface area (Å²) >= 11 is 0. The van der Waals surface area contributed by atoms with Crippen LogP contribution < -0.4 is 0 Å². The van der Waals surface area contributed by atoms with Gasteiger partial charge in [-0.3, -0.25) is 0 Å². The van der Waals surface area contributed by atoms with Gasteiger partial charge in [-0.05, 0) is 17.7 Å². The van der Waals surface area contributed by atoms with Gasteiger partial charge in [0, 0.05) is 13.1 Å². The van der Waals surface area contributed by atoms with E-state index < -0.39 is 0 Å². The lowest BCUT2D eigenvalue weighted by Crippen LogP contribution is -2.16. The minimum atomic E-state index is 0.712. The predicted molar refractivity (Wildman–Crippen MR) is 55.2 cm³/mol. The molecule has 1 unspecified atom stereocenters. The second-order valence-electron chi connectivity index (χ2n) is 3.73. The van der Waals surface area contributed by atoms with Crippen molar-refractivity contribution >= 4 is 0 Å². The molecule has 1 aromatic carbocycles. The van der Waals surface area contributed by atoms with Gasteiger partial charge in [-0.1, -0.05) is 43.3 Å².